The van der Waals surface area contributed by atoms with Crippen LogP contribution in [0.5, 0.6) is 0 Å². The van der Waals surface area contributed by atoms with Crippen molar-refractivity contribution < 1.29 is 13.2 Å². The summed E-state index contributed by atoms with van der Waals surface area (Å²) in [5.41, 5.74) is 2.30. The summed E-state index contributed by atoms with van der Waals surface area (Å²) in [5.74, 6) is 0.197. The Hall–Kier alpha value is -1.56. The highest BCUT2D eigenvalue weighted by Gasteiger charge is 2.43. The first-order chi connectivity index (χ1) is 9.78. The lowest BCUT2D eigenvalue weighted by atomic mass is 10.1. The van der Waals surface area contributed by atoms with Crippen LogP contribution in [0, 0.1) is 5.92 Å². The number of carbonyl (C=O) groups is 1. The van der Waals surface area contributed by atoms with Crippen molar-refractivity contribution in [1.29, 1.82) is 0 Å². The maximum Gasteiger partial charge on any atom is 0.223 e. The maximum absolute atomic E-state index is 11.9. The molecule has 0 bridgehead atoms. The second-order valence-electron chi connectivity index (χ2n) is 5.86. The van der Waals surface area contributed by atoms with Crippen molar-refractivity contribution >= 4 is 21.4 Å². The summed E-state index contributed by atoms with van der Waals surface area (Å²) in [4.78, 5) is 14.0. The van der Waals surface area contributed by atoms with Crippen LogP contribution in [0.1, 0.15) is 17.9 Å². The topological polar surface area (TPSA) is 66.5 Å². The fraction of sp³-hybridized carbons (Fsp3) is 0.533. The van der Waals surface area contributed by atoms with Gasteiger partial charge in [-0.3, -0.25) is 4.79 Å². The first-order valence-corrected chi connectivity index (χ1v) is 9.07. The summed E-state index contributed by atoms with van der Waals surface area (Å²) in [6.07, 6.45) is 2.01. The van der Waals surface area contributed by atoms with E-state index in [1.54, 1.807) is 0 Å². The summed E-state index contributed by atoms with van der Waals surface area (Å²) in [6, 6.07) is 8.21. The average molecular weight is 310 g/mol. The molecule has 1 N–H and O–H groups in total. The third-order valence-electron chi connectivity index (χ3n) is 3.74. The molecule has 0 heterocycles. The Labute approximate surface area is 126 Å². The van der Waals surface area contributed by atoms with Gasteiger partial charge in [-0.25, -0.2) is 8.42 Å². The lowest BCUT2D eigenvalue weighted by molar-refractivity contribution is -0.122. The Bertz CT molecular complexity index is 608. The molecule has 1 saturated carbocycles. The molecule has 1 aliphatic rings. The number of nitrogens with zero attached hydrogens (tertiary/aromatic N) is 1. The van der Waals surface area contributed by atoms with Gasteiger partial charge in [0, 0.05) is 38.5 Å². The lowest BCUT2D eigenvalue weighted by Crippen LogP contribution is -2.30. The summed E-state index contributed by atoms with van der Waals surface area (Å²) in [5, 5.41) is 2.70. The highest BCUT2D eigenvalue weighted by Crippen LogP contribution is 2.47. The van der Waals surface area contributed by atoms with E-state index >= 15 is 0 Å². The van der Waals surface area contributed by atoms with Gasteiger partial charge >= 0.3 is 0 Å². The van der Waals surface area contributed by atoms with Crippen molar-refractivity contribution in [3.63, 3.8) is 0 Å². The SMILES string of the molecule is CN(C)c1ccc([C@@H]2C[C@H]2C(=O)NCCS(C)(=O)=O)cc1. The fourth-order valence-corrected chi connectivity index (χ4v) is 2.84. The van der Waals surface area contributed by atoms with Gasteiger partial charge in [-0.15, -0.1) is 0 Å². The molecule has 0 saturated heterocycles. The van der Waals surface area contributed by atoms with Crippen LogP contribution in [-0.4, -0.2) is 47.0 Å². The van der Waals surface area contributed by atoms with Crippen LogP contribution in [-0.2, 0) is 14.6 Å². The van der Waals surface area contributed by atoms with Gasteiger partial charge in [0.2, 0.25) is 5.91 Å². The molecule has 0 spiro atoms. The van der Waals surface area contributed by atoms with E-state index in [2.05, 4.69) is 17.4 Å². The van der Waals surface area contributed by atoms with Gasteiger partial charge in [-0.1, -0.05) is 12.1 Å². The van der Waals surface area contributed by atoms with Crippen LogP contribution in [0.4, 0.5) is 5.69 Å². The van der Waals surface area contributed by atoms with Crippen molar-refractivity contribution in [1.82, 2.24) is 5.32 Å². The fourth-order valence-electron chi connectivity index (χ4n) is 2.36. The largest absolute Gasteiger partial charge is 0.378 e. The van der Waals surface area contributed by atoms with E-state index < -0.39 is 9.84 Å². The molecule has 0 unspecified atom stereocenters. The van der Waals surface area contributed by atoms with E-state index in [9.17, 15) is 13.2 Å². The first kappa shape index (κ1) is 15.8. The van der Waals surface area contributed by atoms with Gasteiger partial charge in [-0.05, 0) is 30.0 Å². The van der Waals surface area contributed by atoms with E-state index in [4.69, 9.17) is 0 Å². The van der Waals surface area contributed by atoms with Crippen LogP contribution in [0.2, 0.25) is 0 Å². The Morgan fingerprint density at radius 2 is 1.90 bits per heavy atom. The average Bonchev–Trinajstić information content (AvgIpc) is 3.17. The lowest BCUT2D eigenvalue weighted by Gasteiger charge is -2.12. The number of amides is 1. The standard InChI is InChI=1S/C15H22N2O3S/c1-17(2)12-6-4-11(5-7-12)13-10-14(13)15(18)16-8-9-21(3,19)20/h4-7,13-14H,8-10H2,1-3H3,(H,16,18)/t13-,14+/m0/s1. The Morgan fingerprint density at radius 3 is 2.43 bits per heavy atom. The number of sulfone groups is 1. The quantitative estimate of drug-likeness (QED) is 0.852. The molecule has 1 aliphatic carbocycles. The van der Waals surface area contributed by atoms with E-state index in [1.165, 1.54) is 11.8 Å². The van der Waals surface area contributed by atoms with Gasteiger partial charge in [0.05, 0.1) is 5.75 Å². The molecule has 1 amide bonds. The second kappa shape index (κ2) is 6.05. The number of nitrogens with one attached hydrogen (secondary N) is 1. The third-order valence-corrected chi connectivity index (χ3v) is 4.68. The van der Waals surface area contributed by atoms with Crippen LogP contribution < -0.4 is 10.2 Å². The number of benzene rings is 1. The summed E-state index contributed by atoms with van der Waals surface area (Å²) in [6.45, 7) is 0.195. The molecule has 1 fully saturated rings. The Kier molecular flexibility index (Phi) is 4.56. The molecule has 2 rings (SSSR count). The van der Waals surface area contributed by atoms with Gasteiger partial charge in [-0.2, -0.15) is 0 Å². The predicted molar refractivity (Wildman–Crippen MR) is 84.3 cm³/mol. The number of anilines is 1. The highest BCUT2D eigenvalue weighted by atomic mass is 32.2. The monoisotopic (exact) mass is 310 g/mol. The van der Waals surface area contributed by atoms with E-state index in [0.717, 1.165) is 12.1 Å². The zero-order chi connectivity index (χ0) is 15.6. The van der Waals surface area contributed by atoms with E-state index in [-0.39, 0.29) is 30.0 Å². The highest BCUT2D eigenvalue weighted by molar-refractivity contribution is 7.90. The molecule has 2 atom stereocenters. The normalized spacial score (nSPS) is 20.9. The van der Waals surface area contributed by atoms with Crippen LogP contribution in [0.3, 0.4) is 0 Å². The van der Waals surface area contributed by atoms with Crippen molar-refractivity contribution in [3.8, 4) is 0 Å². The molecule has 0 aromatic heterocycles. The summed E-state index contributed by atoms with van der Waals surface area (Å²) < 4.78 is 22.0. The van der Waals surface area contributed by atoms with Crippen molar-refractivity contribution in [2.24, 2.45) is 5.92 Å². The molecule has 1 aromatic rings. The molecule has 1 aromatic carbocycles. The number of hydrogen-bond acceptors (Lipinski definition) is 4. The van der Waals surface area contributed by atoms with Crippen LogP contribution >= 0.6 is 0 Å². The minimum Gasteiger partial charge on any atom is -0.378 e. The van der Waals surface area contributed by atoms with Crippen molar-refractivity contribution in [2.45, 2.75) is 12.3 Å². The number of rotatable bonds is 6. The molecular weight excluding hydrogens is 288 g/mol. The van der Waals surface area contributed by atoms with Gasteiger partial charge in [0.25, 0.3) is 0 Å². The molecule has 21 heavy (non-hydrogen) atoms. The predicted octanol–water partition coefficient (Wildman–Crippen LogP) is 1.02. The van der Waals surface area contributed by atoms with Gasteiger partial charge < -0.3 is 10.2 Å². The van der Waals surface area contributed by atoms with Gasteiger partial charge in [0.1, 0.15) is 9.84 Å². The molecule has 116 valence electrons. The maximum atomic E-state index is 11.9. The summed E-state index contributed by atoms with van der Waals surface area (Å²) >= 11 is 0. The minimum absolute atomic E-state index is 0.00629. The van der Waals surface area contributed by atoms with Crippen molar-refractivity contribution in [2.75, 3.05) is 37.5 Å². The molecule has 5 nitrogen and oxygen atoms in total. The number of carbonyl (C=O) groups excluding carboxylic acids is 1. The van der Waals surface area contributed by atoms with Gasteiger partial charge in [0.15, 0.2) is 0 Å². The smallest absolute Gasteiger partial charge is 0.223 e. The second-order valence-corrected chi connectivity index (χ2v) is 8.12. The molecule has 0 radical (unpaired) electrons. The van der Waals surface area contributed by atoms with E-state index in [0.29, 0.717) is 0 Å². The molecule has 0 aliphatic heterocycles. The zero-order valence-electron chi connectivity index (χ0n) is 12.7. The molecular formula is C15H22N2O3S. The first-order valence-electron chi connectivity index (χ1n) is 7.00. The third kappa shape index (κ3) is 4.46. The van der Waals surface area contributed by atoms with Crippen LogP contribution in [0.25, 0.3) is 0 Å². The Morgan fingerprint density at radius 1 is 1.29 bits per heavy atom. The molecule has 6 heteroatoms. The minimum atomic E-state index is -3.02. The zero-order valence-corrected chi connectivity index (χ0v) is 13.5. The number of hydrogen-bond donors (Lipinski definition) is 1. The van der Waals surface area contributed by atoms with Crippen LogP contribution in [0.15, 0.2) is 24.3 Å². The Balaban J connectivity index is 1.85. The van der Waals surface area contributed by atoms with E-state index in [1.807, 2.05) is 31.1 Å². The van der Waals surface area contributed by atoms with Crippen molar-refractivity contribution in [3.05, 3.63) is 29.8 Å². The summed E-state index contributed by atoms with van der Waals surface area (Å²) in [7, 11) is 0.957.